The zero-order chi connectivity index (χ0) is 14.5. The molecule has 1 aliphatic rings. The third-order valence-electron chi connectivity index (χ3n) is 3.95. The first kappa shape index (κ1) is 14.0. The van der Waals surface area contributed by atoms with E-state index in [1.54, 1.807) is 0 Å². The average molecular weight is 282 g/mol. The van der Waals surface area contributed by atoms with E-state index in [0.717, 1.165) is 31.9 Å². The fraction of sp³-hybridized carbons (Fsp3) is 0.333. The van der Waals surface area contributed by atoms with Gasteiger partial charge in [0.1, 0.15) is 12.4 Å². The van der Waals surface area contributed by atoms with Crippen LogP contribution in [0.15, 0.2) is 54.6 Å². The summed E-state index contributed by atoms with van der Waals surface area (Å²) in [6.07, 6.45) is 0. The van der Waals surface area contributed by atoms with Crippen LogP contribution in [-0.4, -0.2) is 38.1 Å². The Kier molecular flexibility index (Phi) is 4.41. The van der Waals surface area contributed by atoms with Gasteiger partial charge in [0.05, 0.1) is 0 Å². The molecule has 3 heteroatoms. The predicted octanol–water partition coefficient (Wildman–Crippen LogP) is 3.02. The summed E-state index contributed by atoms with van der Waals surface area (Å²) in [7, 11) is 2.18. The molecule has 0 atom stereocenters. The smallest absolute Gasteiger partial charge is 0.119 e. The Morgan fingerprint density at radius 3 is 2.19 bits per heavy atom. The van der Waals surface area contributed by atoms with Crippen molar-refractivity contribution >= 4 is 5.69 Å². The van der Waals surface area contributed by atoms with Crippen LogP contribution in [0.4, 0.5) is 5.69 Å². The maximum Gasteiger partial charge on any atom is 0.119 e. The van der Waals surface area contributed by atoms with E-state index in [9.17, 15) is 0 Å². The van der Waals surface area contributed by atoms with Crippen molar-refractivity contribution in [3.05, 3.63) is 60.2 Å². The van der Waals surface area contributed by atoms with Gasteiger partial charge in [0.2, 0.25) is 0 Å². The van der Waals surface area contributed by atoms with E-state index < -0.39 is 0 Å². The maximum atomic E-state index is 5.82. The molecule has 0 aliphatic carbocycles. The fourth-order valence-corrected chi connectivity index (χ4v) is 2.56. The summed E-state index contributed by atoms with van der Waals surface area (Å²) >= 11 is 0. The van der Waals surface area contributed by atoms with Crippen LogP contribution in [0.3, 0.4) is 0 Å². The number of anilines is 1. The molecule has 0 unspecified atom stereocenters. The van der Waals surface area contributed by atoms with Crippen LogP contribution in [0, 0.1) is 0 Å². The molecular formula is C18H22N2O. The summed E-state index contributed by atoms with van der Waals surface area (Å²) in [5, 5.41) is 0. The number of likely N-dealkylation sites (N-methyl/N-ethyl adjacent to an activating group) is 1. The van der Waals surface area contributed by atoms with Crippen LogP contribution in [0.25, 0.3) is 0 Å². The largest absolute Gasteiger partial charge is 0.489 e. The molecule has 1 aliphatic heterocycles. The van der Waals surface area contributed by atoms with Crippen LogP contribution in [0.5, 0.6) is 5.75 Å². The highest BCUT2D eigenvalue weighted by Gasteiger charge is 2.13. The van der Waals surface area contributed by atoms with Gasteiger partial charge in [-0.2, -0.15) is 0 Å². The van der Waals surface area contributed by atoms with Gasteiger partial charge in [-0.1, -0.05) is 30.3 Å². The SMILES string of the molecule is CN1CCN(c2ccc(OCc3ccccc3)cc2)CC1. The molecule has 0 saturated carbocycles. The van der Waals surface area contributed by atoms with Gasteiger partial charge in [-0.15, -0.1) is 0 Å². The highest BCUT2D eigenvalue weighted by atomic mass is 16.5. The van der Waals surface area contributed by atoms with Crippen molar-refractivity contribution in [2.75, 3.05) is 38.1 Å². The summed E-state index contributed by atoms with van der Waals surface area (Å²) in [5.41, 5.74) is 2.48. The van der Waals surface area contributed by atoms with E-state index in [0.29, 0.717) is 6.61 Å². The molecule has 2 aromatic rings. The average Bonchev–Trinajstić information content (AvgIpc) is 2.55. The van der Waals surface area contributed by atoms with Gasteiger partial charge in [-0.05, 0) is 36.9 Å². The molecule has 1 saturated heterocycles. The van der Waals surface area contributed by atoms with E-state index in [2.05, 4.69) is 53.2 Å². The van der Waals surface area contributed by atoms with Crippen molar-refractivity contribution in [1.29, 1.82) is 0 Å². The molecule has 0 amide bonds. The zero-order valence-corrected chi connectivity index (χ0v) is 12.5. The Balaban J connectivity index is 1.57. The Bertz CT molecular complexity index is 545. The number of rotatable bonds is 4. The van der Waals surface area contributed by atoms with Gasteiger partial charge < -0.3 is 14.5 Å². The van der Waals surface area contributed by atoms with E-state index in [1.165, 1.54) is 11.3 Å². The Morgan fingerprint density at radius 1 is 0.857 bits per heavy atom. The van der Waals surface area contributed by atoms with Crippen LogP contribution >= 0.6 is 0 Å². The molecule has 1 fully saturated rings. The topological polar surface area (TPSA) is 15.7 Å². The molecular weight excluding hydrogens is 260 g/mol. The minimum atomic E-state index is 0.620. The number of ether oxygens (including phenoxy) is 1. The Hall–Kier alpha value is -2.00. The second kappa shape index (κ2) is 6.64. The quantitative estimate of drug-likeness (QED) is 0.857. The number of benzene rings is 2. The van der Waals surface area contributed by atoms with Gasteiger partial charge in [0, 0.05) is 31.9 Å². The first-order chi connectivity index (χ1) is 10.3. The molecule has 110 valence electrons. The predicted molar refractivity (Wildman–Crippen MR) is 86.9 cm³/mol. The summed E-state index contributed by atoms with van der Waals surface area (Å²) in [6, 6.07) is 18.7. The third kappa shape index (κ3) is 3.76. The van der Waals surface area contributed by atoms with Crippen LogP contribution in [0.1, 0.15) is 5.56 Å². The minimum absolute atomic E-state index is 0.620. The lowest BCUT2D eigenvalue weighted by atomic mass is 10.2. The van der Waals surface area contributed by atoms with Gasteiger partial charge in [0.15, 0.2) is 0 Å². The lowest BCUT2D eigenvalue weighted by Crippen LogP contribution is -2.44. The molecule has 0 spiro atoms. The third-order valence-corrected chi connectivity index (χ3v) is 3.95. The Morgan fingerprint density at radius 2 is 1.52 bits per heavy atom. The second-order valence-corrected chi connectivity index (χ2v) is 5.56. The molecule has 3 rings (SSSR count). The van der Waals surface area contributed by atoms with Crippen LogP contribution in [-0.2, 0) is 6.61 Å². The molecule has 0 aromatic heterocycles. The Labute approximate surface area is 126 Å². The molecule has 0 radical (unpaired) electrons. The first-order valence-corrected chi connectivity index (χ1v) is 7.51. The molecule has 2 aromatic carbocycles. The second-order valence-electron chi connectivity index (χ2n) is 5.56. The van der Waals surface area contributed by atoms with Gasteiger partial charge in [-0.3, -0.25) is 0 Å². The van der Waals surface area contributed by atoms with Crippen molar-refractivity contribution in [2.45, 2.75) is 6.61 Å². The van der Waals surface area contributed by atoms with Crippen molar-refractivity contribution in [1.82, 2.24) is 4.90 Å². The van der Waals surface area contributed by atoms with Gasteiger partial charge in [-0.25, -0.2) is 0 Å². The summed E-state index contributed by atoms with van der Waals surface area (Å²) in [6.45, 7) is 5.08. The monoisotopic (exact) mass is 282 g/mol. The molecule has 1 heterocycles. The maximum absolute atomic E-state index is 5.82. The summed E-state index contributed by atoms with van der Waals surface area (Å²) in [5.74, 6) is 0.928. The molecule has 0 N–H and O–H groups in total. The number of hydrogen-bond acceptors (Lipinski definition) is 3. The van der Waals surface area contributed by atoms with E-state index in [1.807, 2.05) is 18.2 Å². The standard InChI is InChI=1S/C18H22N2O/c1-19-11-13-20(14-12-19)17-7-9-18(10-8-17)21-15-16-5-3-2-4-6-16/h2-10H,11-15H2,1H3. The normalized spacial score (nSPS) is 16.0. The molecule has 21 heavy (non-hydrogen) atoms. The molecule has 0 bridgehead atoms. The summed E-state index contributed by atoms with van der Waals surface area (Å²) < 4.78 is 5.82. The number of piperazine rings is 1. The fourth-order valence-electron chi connectivity index (χ4n) is 2.56. The van der Waals surface area contributed by atoms with Gasteiger partial charge in [0.25, 0.3) is 0 Å². The molecule has 3 nitrogen and oxygen atoms in total. The number of hydrogen-bond donors (Lipinski definition) is 0. The van der Waals surface area contributed by atoms with Crippen LogP contribution < -0.4 is 9.64 Å². The highest BCUT2D eigenvalue weighted by molar-refractivity contribution is 5.49. The van der Waals surface area contributed by atoms with Crippen LogP contribution in [0.2, 0.25) is 0 Å². The van der Waals surface area contributed by atoms with E-state index >= 15 is 0 Å². The lowest BCUT2D eigenvalue weighted by molar-refractivity contribution is 0.305. The lowest BCUT2D eigenvalue weighted by Gasteiger charge is -2.34. The minimum Gasteiger partial charge on any atom is -0.489 e. The van der Waals surface area contributed by atoms with E-state index in [-0.39, 0.29) is 0 Å². The van der Waals surface area contributed by atoms with Gasteiger partial charge >= 0.3 is 0 Å². The van der Waals surface area contributed by atoms with Crippen molar-refractivity contribution in [3.8, 4) is 5.75 Å². The summed E-state index contributed by atoms with van der Waals surface area (Å²) in [4.78, 5) is 4.80. The van der Waals surface area contributed by atoms with E-state index in [4.69, 9.17) is 4.74 Å². The highest BCUT2D eigenvalue weighted by Crippen LogP contribution is 2.21. The number of nitrogens with zero attached hydrogens (tertiary/aromatic N) is 2. The zero-order valence-electron chi connectivity index (χ0n) is 12.5. The van der Waals surface area contributed by atoms with Crippen molar-refractivity contribution < 1.29 is 4.74 Å². The first-order valence-electron chi connectivity index (χ1n) is 7.51. The van der Waals surface area contributed by atoms with Crippen molar-refractivity contribution in [3.63, 3.8) is 0 Å². The van der Waals surface area contributed by atoms with Crippen molar-refractivity contribution in [2.24, 2.45) is 0 Å².